The minimum absolute atomic E-state index is 0.134. The third kappa shape index (κ3) is 2.74. The lowest BCUT2D eigenvalue weighted by molar-refractivity contribution is 0.0423. The van der Waals surface area contributed by atoms with Gasteiger partial charge in [-0.3, -0.25) is 4.90 Å². The average Bonchev–Trinajstić information content (AvgIpc) is 2.17. The molecule has 86 valence electrons. The van der Waals surface area contributed by atoms with Crippen molar-refractivity contribution in [3.05, 3.63) is 0 Å². The molecule has 1 fully saturated rings. The van der Waals surface area contributed by atoms with Crippen LogP contribution in [-0.4, -0.2) is 35.6 Å². The number of nitrogens with one attached hydrogen (secondary N) is 1. The van der Waals surface area contributed by atoms with Crippen LogP contribution in [0.25, 0.3) is 0 Å². The molecule has 0 radical (unpaired) electrons. The maximum atomic E-state index is 5.63. The summed E-state index contributed by atoms with van der Waals surface area (Å²) in [5, 5.41) is 3.53. The van der Waals surface area contributed by atoms with Crippen molar-refractivity contribution in [2.24, 2.45) is 5.92 Å². The predicted molar refractivity (Wildman–Crippen MR) is 65.7 cm³/mol. The van der Waals surface area contributed by atoms with E-state index in [2.05, 4.69) is 50.8 Å². The summed E-state index contributed by atoms with van der Waals surface area (Å²) in [6, 6.07) is 1.08. The molecule has 0 saturated carbocycles. The molecule has 1 N–H and O–H groups in total. The smallest absolute Gasteiger partial charge is 0.0769 e. The van der Waals surface area contributed by atoms with Crippen LogP contribution in [0.3, 0.4) is 0 Å². The topological polar surface area (TPSA) is 15.3 Å². The van der Waals surface area contributed by atoms with Crippen LogP contribution < -0.4 is 5.32 Å². The highest BCUT2D eigenvalue weighted by atomic mass is 15.3. The van der Waals surface area contributed by atoms with Gasteiger partial charge in [0.2, 0.25) is 0 Å². The molecular formula is C13H24N2. The standard InChI is InChI=1S/C13H24N2/c1-7-13(5,6)15-9-11(4)14-8-12(15)10(2)3/h1,10-12,14H,8-9H2,2-6H3. The first-order chi connectivity index (χ1) is 6.88. The van der Waals surface area contributed by atoms with E-state index in [4.69, 9.17) is 6.42 Å². The number of hydrogen-bond donors (Lipinski definition) is 1. The molecule has 2 atom stereocenters. The molecule has 1 saturated heterocycles. The molecule has 0 amide bonds. The van der Waals surface area contributed by atoms with Gasteiger partial charge in [0.1, 0.15) is 0 Å². The summed E-state index contributed by atoms with van der Waals surface area (Å²) in [4.78, 5) is 2.47. The van der Waals surface area contributed by atoms with Crippen LogP contribution in [0.2, 0.25) is 0 Å². The second-order valence-corrected chi connectivity index (χ2v) is 5.48. The summed E-state index contributed by atoms with van der Waals surface area (Å²) in [5.41, 5.74) is -0.134. The quantitative estimate of drug-likeness (QED) is 0.695. The van der Waals surface area contributed by atoms with Crippen molar-refractivity contribution in [3.63, 3.8) is 0 Å². The number of nitrogens with zero attached hydrogens (tertiary/aromatic N) is 1. The van der Waals surface area contributed by atoms with Gasteiger partial charge in [0.05, 0.1) is 5.54 Å². The van der Waals surface area contributed by atoms with Gasteiger partial charge in [0, 0.05) is 25.2 Å². The van der Waals surface area contributed by atoms with Gasteiger partial charge in [0.15, 0.2) is 0 Å². The minimum Gasteiger partial charge on any atom is -0.311 e. The van der Waals surface area contributed by atoms with Crippen LogP contribution >= 0.6 is 0 Å². The second kappa shape index (κ2) is 4.55. The lowest BCUT2D eigenvalue weighted by Gasteiger charge is -2.47. The van der Waals surface area contributed by atoms with Gasteiger partial charge in [0.25, 0.3) is 0 Å². The molecule has 0 aromatic heterocycles. The molecule has 0 aliphatic carbocycles. The van der Waals surface area contributed by atoms with Crippen LogP contribution in [0.15, 0.2) is 0 Å². The van der Waals surface area contributed by atoms with E-state index in [-0.39, 0.29) is 5.54 Å². The number of rotatable bonds is 2. The van der Waals surface area contributed by atoms with E-state index in [9.17, 15) is 0 Å². The monoisotopic (exact) mass is 208 g/mol. The summed E-state index contributed by atoms with van der Waals surface area (Å²) >= 11 is 0. The first-order valence-electron chi connectivity index (χ1n) is 5.86. The Morgan fingerprint density at radius 1 is 1.47 bits per heavy atom. The van der Waals surface area contributed by atoms with E-state index < -0.39 is 0 Å². The first kappa shape index (κ1) is 12.5. The Kier molecular flexibility index (Phi) is 3.81. The SMILES string of the molecule is C#CC(C)(C)N1CC(C)NCC1C(C)C. The van der Waals surface area contributed by atoms with Crippen molar-refractivity contribution in [1.29, 1.82) is 0 Å². The molecule has 15 heavy (non-hydrogen) atoms. The predicted octanol–water partition coefficient (Wildman–Crippen LogP) is 1.72. The number of hydrogen-bond acceptors (Lipinski definition) is 2. The molecule has 1 rings (SSSR count). The molecule has 2 heteroatoms. The Balaban J connectivity index is 2.85. The van der Waals surface area contributed by atoms with E-state index in [1.54, 1.807) is 0 Å². The maximum absolute atomic E-state index is 5.63. The van der Waals surface area contributed by atoms with Gasteiger partial charge in [-0.05, 0) is 26.7 Å². The van der Waals surface area contributed by atoms with E-state index >= 15 is 0 Å². The Morgan fingerprint density at radius 3 is 2.53 bits per heavy atom. The molecule has 2 unspecified atom stereocenters. The zero-order valence-electron chi connectivity index (χ0n) is 10.7. The third-order valence-electron chi connectivity index (χ3n) is 3.39. The molecule has 1 aliphatic rings. The van der Waals surface area contributed by atoms with Crippen LogP contribution in [-0.2, 0) is 0 Å². The zero-order valence-corrected chi connectivity index (χ0v) is 10.7. The Labute approximate surface area is 94.4 Å². The van der Waals surface area contributed by atoms with Crippen LogP contribution in [0.5, 0.6) is 0 Å². The largest absolute Gasteiger partial charge is 0.311 e. The normalized spacial score (nSPS) is 29.1. The fourth-order valence-corrected chi connectivity index (χ4v) is 2.25. The Morgan fingerprint density at radius 2 is 2.07 bits per heavy atom. The van der Waals surface area contributed by atoms with Crippen molar-refractivity contribution in [3.8, 4) is 12.3 Å². The first-order valence-corrected chi connectivity index (χ1v) is 5.86. The van der Waals surface area contributed by atoms with E-state index in [1.165, 1.54) is 0 Å². The average molecular weight is 208 g/mol. The molecule has 1 aliphatic heterocycles. The second-order valence-electron chi connectivity index (χ2n) is 5.48. The molecular weight excluding hydrogens is 184 g/mol. The summed E-state index contributed by atoms with van der Waals surface area (Å²) in [7, 11) is 0. The summed E-state index contributed by atoms with van der Waals surface area (Å²) in [5.74, 6) is 3.55. The minimum atomic E-state index is -0.134. The van der Waals surface area contributed by atoms with Crippen LogP contribution in [0.4, 0.5) is 0 Å². The van der Waals surface area contributed by atoms with E-state index in [0.717, 1.165) is 13.1 Å². The van der Waals surface area contributed by atoms with Crippen molar-refractivity contribution in [2.75, 3.05) is 13.1 Å². The van der Waals surface area contributed by atoms with E-state index in [0.29, 0.717) is 18.0 Å². The Bertz CT molecular complexity index is 250. The van der Waals surface area contributed by atoms with Crippen molar-refractivity contribution in [1.82, 2.24) is 10.2 Å². The third-order valence-corrected chi connectivity index (χ3v) is 3.39. The van der Waals surface area contributed by atoms with E-state index in [1.807, 2.05) is 0 Å². The van der Waals surface area contributed by atoms with Gasteiger partial charge in [-0.15, -0.1) is 6.42 Å². The highest BCUT2D eigenvalue weighted by molar-refractivity contribution is 5.11. The number of piperazine rings is 1. The van der Waals surface area contributed by atoms with Crippen LogP contribution in [0.1, 0.15) is 34.6 Å². The maximum Gasteiger partial charge on any atom is 0.0769 e. The fourth-order valence-electron chi connectivity index (χ4n) is 2.25. The summed E-state index contributed by atoms with van der Waals surface area (Å²) < 4.78 is 0. The van der Waals surface area contributed by atoms with Gasteiger partial charge in [-0.1, -0.05) is 19.8 Å². The lowest BCUT2D eigenvalue weighted by atomic mass is 9.92. The highest BCUT2D eigenvalue weighted by Crippen LogP contribution is 2.24. The fraction of sp³-hybridized carbons (Fsp3) is 0.846. The molecule has 1 heterocycles. The van der Waals surface area contributed by atoms with Gasteiger partial charge < -0.3 is 5.32 Å². The number of terminal acetylenes is 1. The van der Waals surface area contributed by atoms with Gasteiger partial charge >= 0.3 is 0 Å². The Hall–Kier alpha value is -0.520. The van der Waals surface area contributed by atoms with Gasteiger partial charge in [-0.25, -0.2) is 0 Å². The molecule has 0 aromatic rings. The highest BCUT2D eigenvalue weighted by Gasteiger charge is 2.36. The zero-order chi connectivity index (χ0) is 11.6. The van der Waals surface area contributed by atoms with Crippen LogP contribution in [0, 0.1) is 18.3 Å². The summed E-state index contributed by atoms with van der Waals surface area (Å²) in [6.45, 7) is 13.1. The molecule has 0 aromatic carbocycles. The lowest BCUT2D eigenvalue weighted by Crippen LogP contribution is -2.63. The van der Waals surface area contributed by atoms with Crippen molar-refractivity contribution < 1.29 is 0 Å². The van der Waals surface area contributed by atoms with Gasteiger partial charge in [-0.2, -0.15) is 0 Å². The van der Waals surface area contributed by atoms with Crippen molar-refractivity contribution in [2.45, 2.75) is 52.2 Å². The summed E-state index contributed by atoms with van der Waals surface area (Å²) in [6.07, 6.45) is 5.63. The molecule has 2 nitrogen and oxygen atoms in total. The molecule has 0 spiro atoms. The van der Waals surface area contributed by atoms with Crippen molar-refractivity contribution >= 4 is 0 Å². The molecule has 0 bridgehead atoms.